The average Bonchev–Trinajstić information content (AvgIpc) is 3.77. The predicted molar refractivity (Wildman–Crippen MR) is 255 cm³/mol. The van der Waals surface area contributed by atoms with E-state index in [-0.39, 0.29) is 5.41 Å². The quantitative estimate of drug-likeness (QED) is 0.163. The number of fused-ring (bicyclic) bond motifs is 12. The first kappa shape index (κ1) is 33.5. The van der Waals surface area contributed by atoms with Crippen molar-refractivity contribution in [2.45, 2.75) is 19.3 Å². The molecule has 0 fully saturated rings. The standard InChI is InChI=1S/C59H38O/c1-59(2)52-29-27-40-33-55-51(43-15-9-10-21-54(43)60-55)34-50(40)58(52)49-28-26-39(32-53(49)59)37-22-23-38-31-41(25-24-36(38)30-37)56-45-16-5-7-18-47(45)57(48-19-8-6-17-46(48)56)44-20-11-13-35-12-3-4-14-42(35)44/h3-34H,1-2H3. The fraction of sp³-hybridized carbons (Fsp3) is 0.0508. The number of hydrogen-bond acceptors (Lipinski definition) is 1. The van der Waals surface area contributed by atoms with Crippen LogP contribution in [0.15, 0.2) is 199 Å². The van der Waals surface area contributed by atoms with Crippen molar-refractivity contribution in [3.8, 4) is 44.5 Å². The van der Waals surface area contributed by atoms with E-state index >= 15 is 0 Å². The van der Waals surface area contributed by atoms with Crippen molar-refractivity contribution in [1.29, 1.82) is 0 Å². The van der Waals surface area contributed by atoms with Crippen molar-refractivity contribution in [3.05, 3.63) is 205 Å². The highest BCUT2D eigenvalue weighted by molar-refractivity contribution is 6.24. The lowest BCUT2D eigenvalue weighted by Gasteiger charge is -2.22. The third-order valence-corrected chi connectivity index (χ3v) is 13.6. The van der Waals surface area contributed by atoms with Gasteiger partial charge in [-0.05, 0) is 146 Å². The van der Waals surface area contributed by atoms with E-state index in [2.05, 4.69) is 202 Å². The molecule has 0 unspecified atom stereocenters. The summed E-state index contributed by atoms with van der Waals surface area (Å²) in [7, 11) is 0. The van der Waals surface area contributed by atoms with Crippen molar-refractivity contribution < 1.29 is 4.42 Å². The van der Waals surface area contributed by atoms with Crippen LogP contribution in [0.1, 0.15) is 25.0 Å². The molecule has 13 rings (SSSR count). The third kappa shape index (κ3) is 4.69. The molecule has 0 saturated heterocycles. The summed E-state index contributed by atoms with van der Waals surface area (Å²) in [4.78, 5) is 0. The molecular weight excluding hydrogens is 725 g/mol. The molecule has 0 radical (unpaired) electrons. The highest BCUT2D eigenvalue weighted by Crippen LogP contribution is 2.53. The van der Waals surface area contributed by atoms with Crippen LogP contribution < -0.4 is 0 Å². The second kappa shape index (κ2) is 12.3. The molecule has 1 aromatic heterocycles. The molecular formula is C59H38O. The number of benzene rings is 11. The van der Waals surface area contributed by atoms with E-state index in [0.717, 1.165) is 11.2 Å². The lowest BCUT2D eigenvalue weighted by atomic mass is 9.81. The molecule has 1 nitrogen and oxygen atoms in total. The Balaban J connectivity index is 0.927. The lowest BCUT2D eigenvalue weighted by molar-refractivity contribution is 0.661. The van der Waals surface area contributed by atoms with E-state index in [9.17, 15) is 0 Å². The van der Waals surface area contributed by atoms with E-state index in [1.54, 1.807) is 0 Å². The predicted octanol–water partition coefficient (Wildman–Crippen LogP) is 16.7. The monoisotopic (exact) mass is 762 g/mol. The molecule has 0 saturated carbocycles. The van der Waals surface area contributed by atoms with Crippen molar-refractivity contribution in [1.82, 2.24) is 0 Å². The topological polar surface area (TPSA) is 13.1 Å². The highest BCUT2D eigenvalue weighted by Gasteiger charge is 2.37. The molecule has 1 aliphatic rings. The maximum absolute atomic E-state index is 6.28. The maximum Gasteiger partial charge on any atom is 0.136 e. The molecule has 1 heteroatoms. The molecule has 1 heterocycles. The summed E-state index contributed by atoms with van der Waals surface area (Å²) in [5.74, 6) is 0. The summed E-state index contributed by atoms with van der Waals surface area (Å²) in [6.07, 6.45) is 0. The van der Waals surface area contributed by atoms with Gasteiger partial charge < -0.3 is 4.42 Å². The summed E-state index contributed by atoms with van der Waals surface area (Å²) in [6, 6.07) is 72.0. The normalized spacial score (nSPS) is 13.3. The summed E-state index contributed by atoms with van der Waals surface area (Å²) >= 11 is 0. The van der Waals surface area contributed by atoms with Gasteiger partial charge in [0.05, 0.1) is 0 Å². The molecule has 60 heavy (non-hydrogen) atoms. The Morgan fingerprint density at radius 2 is 0.883 bits per heavy atom. The zero-order valence-corrected chi connectivity index (χ0v) is 33.4. The molecule has 0 spiro atoms. The van der Waals surface area contributed by atoms with Gasteiger partial charge in [-0.15, -0.1) is 0 Å². The van der Waals surface area contributed by atoms with Crippen molar-refractivity contribution in [2.24, 2.45) is 0 Å². The van der Waals surface area contributed by atoms with E-state index in [1.807, 2.05) is 6.07 Å². The molecule has 11 aromatic carbocycles. The van der Waals surface area contributed by atoms with Gasteiger partial charge >= 0.3 is 0 Å². The smallest absolute Gasteiger partial charge is 0.136 e. The molecule has 0 atom stereocenters. The summed E-state index contributed by atoms with van der Waals surface area (Å²) < 4.78 is 6.28. The van der Waals surface area contributed by atoms with Crippen LogP contribution in [0.2, 0.25) is 0 Å². The van der Waals surface area contributed by atoms with Gasteiger partial charge in [0.1, 0.15) is 11.2 Å². The minimum Gasteiger partial charge on any atom is -0.456 e. The second-order valence-corrected chi connectivity index (χ2v) is 17.2. The SMILES string of the molecule is CC1(C)c2cc(-c3ccc4cc(-c5c6ccccc6c(-c6cccc7ccccc67)c6ccccc56)ccc4c3)ccc2-c2c1ccc1cc3oc4ccccc4c3cc21. The van der Waals surface area contributed by atoms with E-state index < -0.39 is 0 Å². The van der Waals surface area contributed by atoms with Gasteiger partial charge in [-0.25, -0.2) is 0 Å². The van der Waals surface area contributed by atoms with Gasteiger partial charge in [0.15, 0.2) is 0 Å². The molecule has 0 bridgehead atoms. The Morgan fingerprint density at radius 3 is 1.65 bits per heavy atom. The zero-order valence-electron chi connectivity index (χ0n) is 33.4. The van der Waals surface area contributed by atoms with Crippen LogP contribution in [0.3, 0.4) is 0 Å². The fourth-order valence-corrected chi connectivity index (χ4v) is 10.7. The molecule has 0 aliphatic heterocycles. The maximum atomic E-state index is 6.28. The van der Waals surface area contributed by atoms with Gasteiger partial charge in [0.25, 0.3) is 0 Å². The molecule has 280 valence electrons. The Hall–Kier alpha value is -7.48. The molecule has 0 N–H and O–H groups in total. The Kier molecular flexibility index (Phi) is 6.85. The van der Waals surface area contributed by atoms with Crippen LogP contribution in [0, 0.1) is 0 Å². The van der Waals surface area contributed by atoms with Gasteiger partial charge in [0, 0.05) is 16.2 Å². The Morgan fingerprint density at radius 1 is 0.300 bits per heavy atom. The number of furan rings is 1. The Bertz CT molecular complexity index is 3740. The molecule has 12 aromatic rings. The second-order valence-electron chi connectivity index (χ2n) is 17.2. The molecule has 0 amide bonds. The van der Waals surface area contributed by atoms with Crippen LogP contribution in [0.4, 0.5) is 0 Å². The zero-order chi connectivity index (χ0) is 39.7. The largest absolute Gasteiger partial charge is 0.456 e. The van der Waals surface area contributed by atoms with Crippen molar-refractivity contribution in [2.75, 3.05) is 0 Å². The van der Waals surface area contributed by atoms with Crippen molar-refractivity contribution in [3.63, 3.8) is 0 Å². The Labute approximate surface area is 347 Å². The summed E-state index contributed by atoms with van der Waals surface area (Å²) in [6.45, 7) is 4.76. The number of rotatable bonds is 3. The lowest BCUT2D eigenvalue weighted by Crippen LogP contribution is -2.15. The molecule has 1 aliphatic carbocycles. The van der Waals surface area contributed by atoms with Gasteiger partial charge in [-0.3, -0.25) is 0 Å². The summed E-state index contributed by atoms with van der Waals surface area (Å²) in [5.41, 5.74) is 14.7. The summed E-state index contributed by atoms with van der Waals surface area (Å²) in [5, 5.41) is 14.9. The average molecular weight is 763 g/mol. The van der Waals surface area contributed by atoms with E-state index in [1.165, 1.54) is 120 Å². The number of hydrogen-bond donors (Lipinski definition) is 0. The third-order valence-electron chi connectivity index (χ3n) is 13.6. The van der Waals surface area contributed by atoms with Crippen LogP contribution in [0.5, 0.6) is 0 Å². The van der Waals surface area contributed by atoms with Crippen LogP contribution in [-0.4, -0.2) is 0 Å². The van der Waals surface area contributed by atoms with Crippen LogP contribution >= 0.6 is 0 Å². The first-order valence-corrected chi connectivity index (χ1v) is 21.0. The van der Waals surface area contributed by atoms with Crippen LogP contribution in [-0.2, 0) is 5.41 Å². The van der Waals surface area contributed by atoms with Gasteiger partial charge in [0.2, 0.25) is 0 Å². The first-order valence-electron chi connectivity index (χ1n) is 21.0. The minimum atomic E-state index is -0.136. The fourth-order valence-electron chi connectivity index (χ4n) is 10.7. The minimum absolute atomic E-state index is 0.136. The van der Waals surface area contributed by atoms with Crippen LogP contribution in [0.25, 0.3) is 120 Å². The van der Waals surface area contributed by atoms with Crippen molar-refractivity contribution >= 4 is 75.8 Å². The first-order chi connectivity index (χ1) is 29.5. The van der Waals surface area contributed by atoms with Gasteiger partial charge in [-0.2, -0.15) is 0 Å². The van der Waals surface area contributed by atoms with E-state index in [0.29, 0.717) is 0 Å². The van der Waals surface area contributed by atoms with E-state index in [4.69, 9.17) is 4.42 Å². The highest BCUT2D eigenvalue weighted by atomic mass is 16.3. The number of para-hydroxylation sites is 1. The van der Waals surface area contributed by atoms with Gasteiger partial charge in [-0.1, -0.05) is 172 Å².